The lowest BCUT2D eigenvalue weighted by Gasteiger charge is -2.14. The van der Waals surface area contributed by atoms with E-state index < -0.39 is 22.8 Å². The van der Waals surface area contributed by atoms with Crippen molar-refractivity contribution in [2.45, 2.75) is 30.1 Å². The summed E-state index contributed by atoms with van der Waals surface area (Å²) in [6, 6.07) is -0.955. The van der Waals surface area contributed by atoms with Crippen LogP contribution < -0.4 is 11.1 Å². The Bertz CT molecular complexity index is 224. The van der Waals surface area contributed by atoms with Gasteiger partial charge in [0.1, 0.15) is 6.04 Å². The molecule has 5 nitrogen and oxygen atoms in total. The molecule has 0 spiro atoms. The van der Waals surface area contributed by atoms with Crippen molar-refractivity contribution >= 4 is 35.1 Å². The molecule has 7 heteroatoms. The van der Waals surface area contributed by atoms with E-state index in [4.69, 9.17) is 34.0 Å². The van der Waals surface area contributed by atoms with Gasteiger partial charge in [-0.25, -0.2) is 4.79 Å². The zero-order valence-electron chi connectivity index (χ0n) is 8.08. The Labute approximate surface area is 97.9 Å². The fourth-order valence-electron chi connectivity index (χ4n) is 0.985. The van der Waals surface area contributed by atoms with Crippen molar-refractivity contribution < 1.29 is 14.7 Å². The van der Waals surface area contributed by atoms with Crippen LogP contribution in [-0.4, -0.2) is 34.4 Å². The number of carbonyl (C=O) groups is 2. The molecule has 0 saturated carbocycles. The van der Waals surface area contributed by atoms with Gasteiger partial charge < -0.3 is 16.2 Å². The lowest BCUT2D eigenvalue weighted by Crippen LogP contribution is -2.43. The van der Waals surface area contributed by atoms with Crippen LogP contribution in [0, 0.1) is 0 Å². The molecule has 0 aromatic heterocycles. The van der Waals surface area contributed by atoms with E-state index in [0.717, 1.165) is 0 Å². The van der Waals surface area contributed by atoms with Crippen LogP contribution in [0.2, 0.25) is 0 Å². The van der Waals surface area contributed by atoms with Gasteiger partial charge in [-0.15, -0.1) is 0 Å². The summed E-state index contributed by atoms with van der Waals surface area (Å²) >= 11 is 10.6. The van der Waals surface area contributed by atoms with Gasteiger partial charge in [0.25, 0.3) is 5.91 Å². The molecular weight excluding hydrogens is 243 g/mol. The van der Waals surface area contributed by atoms with Gasteiger partial charge in [-0.05, 0) is 25.8 Å². The van der Waals surface area contributed by atoms with E-state index in [1.807, 2.05) is 0 Å². The molecule has 0 saturated heterocycles. The normalized spacial score (nSPS) is 12.5. The largest absolute Gasteiger partial charge is 0.480 e. The molecular formula is C8H14Cl2N2O3. The Morgan fingerprint density at radius 1 is 1.33 bits per heavy atom. The summed E-state index contributed by atoms with van der Waals surface area (Å²) < 4.78 is 0. The maximum atomic E-state index is 11.0. The van der Waals surface area contributed by atoms with Crippen molar-refractivity contribution in [1.29, 1.82) is 0 Å². The van der Waals surface area contributed by atoms with Gasteiger partial charge >= 0.3 is 5.97 Å². The number of aliphatic carboxylic acids is 1. The molecule has 0 aliphatic rings. The maximum absolute atomic E-state index is 11.0. The van der Waals surface area contributed by atoms with Gasteiger partial charge in [-0.1, -0.05) is 23.2 Å². The highest BCUT2D eigenvalue weighted by atomic mass is 35.5. The number of halogens is 2. The number of nitrogens with one attached hydrogen (secondary N) is 1. The first kappa shape index (κ1) is 14.5. The molecule has 0 bridgehead atoms. The molecule has 0 aromatic carbocycles. The summed E-state index contributed by atoms with van der Waals surface area (Å²) in [5, 5.41) is 11.0. The van der Waals surface area contributed by atoms with E-state index in [9.17, 15) is 9.59 Å². The number of unbranched alkanes of at least 4 members (excludes halogenated alkanes) is 1. The number of hydrogen-bond donors (Lipinski definition) is 3. The van der Waals surface area contributed by atoms with Crippen molar-refractivity contribution in [2.24, 2.45) is 5.73 Å². The minimum Gasteiger partial charge on any atom is -0.480 e. The number of hydrogen-bond acceptors (Lipinski definition) is 3. The lowest BCUT2D eigenvalue weighted by atomic mass is 10.1. The SMILES string of the molecule is NCCCC[C@H](NC(=O)C(Cl)Cl)C(=O)O. The van der Waals surface area contributed by atoms with Crippen LogP contribution in [0.4, 0.5) is 0 Å². The van der Waals surface area contributed by atoms with Crippen LogP contribution in [0.3, 0.4) is 0 Å². The highest BCUT2D eigenvalue weighted by Gasteiger charge is 2.22. The molecule has 0 aliphatic heterocycles. The Morgan fingerprint density at radius 3 is 2.33 bits per heavy atom. The average molecular weight is 257 g/mol. The Kier molecular flexibility index (Phi) is 7.46. The summed E-state index contributed by atoms with van der Waals surface area (Å²) in [4.78, 5) is 20.5. The molecule has 0 unspecified atom stereocenters. The van der Waals surface area contributed by atoms with Crippen molar-refractivity contribution in [2.75, 3.05) is 6.54 Å². The van der Waals surface area contributed by atoms with Crippen LogP contribution in [0.25, 0.3) is 0 Å². The van der Waals surface area contributed by atoms with Gasteiger partial charge in [0.2, 0.25) is 0 Å². The van der Waals surface area contributed by atoms with Crippen LogP contribution in [-0.2, 0) is 9.59 Å². The Hall–Kier alpha value is -0.520. The van der Waals surface area contributed by atoms with E-state index in [0.29, 0.717) is 25.8 Å². The van der Waals surface area contributed by atoms with Gasteiger partial charge in [0, 0.05) is 0 Å². The van der Waals surface area contributed by atoms with Crippen molar-refractivity contribution in [3.63, 3.8) is 0 Å². The third-order valence-electron chi connectivity index (χ3n) is 1.76. The number of rotatable bonds is 7. The zero-order valence-corrected chi connectivity index (χ0v) is 9.59. The molecule has 0 aromatic rings. The minimum absolute atomic E-state index is 0.318. The van der Waals surface area contributed by atoms with E-state index >= 15 is 0 Å². The van der Waals surface area contributed by atoms with Crippen LogP contribution in [0.5, 0.6) is 0 Å². The molecule has 1 amide bonds. The zero-order chi connectivity index (χ0) is 11.8. The molecule has 4 N–H and O–H groups in total. The lowest BCUT2D eigenvalue weighted by molar-refractivity contribution is -0.141. The number of nitrogens with two attached hydrogens (primary N) is 1. The topological polar surface area (TPSA) is 92.4 Å². The molecule has 88 valence electrons. The highest BCUT2D eigenvalue weighted by Crippen LogP contribution is 2.05. The minimum atomic E-state index is -1.25. The second kappa shape index (κ2) is 7.73. The first-order valence-corrected chi connectivity index (χ1v) is 5.37. The second-order valence-electron chi connectivity index (χ2n) is 2.98. The highest BCUT2D eigenvalue weighted by molar-refractivity contribution is 6.53. The molecule has 0 heterocycles. The summed E-state index contributed by atoms with van der Waals surface area (Å²) in [5.41, 5.74) is 5.26. The van der Waals surface area contributed by atoms with Crippen molar-refractivity contribution in [1.82, 2.24) is 5.32 Å². The van der Waals surface area contributed by atoms with E-state index in [1.54, 1.807) is 0 Å². The fourth-order valence-corrected chi connectivity index (χ4v) is 1.11. The number of carboxylic acids is 1. The van der Waals surface area contributed by atoms with Gasteiger partial charge in [-0.3, -0.25) is 4.79 Å². The van der Waals surface area contributed by atoms with Crippen molar-refractivity contribution in [3.8, 4) is 0 Å². The maximum Gasteiger partial charge on any atom is 0.326 e. The predicted octanol–water partition coefficient (Wildman–Crippen LogP) is 0.489. The third-order valence-corrected chi connectivity index (χ3v) is 2.16. The summed E-state index contributed by atoms with van der Waals surface area (Å²) in [6.07, 6.45) is 1.66. The van der Waals surface area contributed by atoms with Gasteiger partial charge in [0.15, 0.2) is 4.84 Å². The Balaban J connectivity index is 4.05. The Morgan fingerprint density at radius 2 is 1.93 bits per heavy atom. The van der Waals surface area contributed by atoms with Gasteiger partial charge in [-0.2, -0.15) is 0 Å². The summed E-state index contributed by atoms with van der Waals surface area (Å²) in [7, 11) is 0. The smallest absolute Gasteiger partial charge is 0.326 e. The predicted molar refractivity (Wildman–Crippen MR) is 58.0 cm³/mol. The van der Waals surface area contributed by atoms with Crippen molar-refractivity contribution in [3.05, 3.63) is 0 Å². The summed E-state index contributed by atoms with van der Waals surface area (Å²) in [6.45, 7) is 0.494. The third kappa shape index (κ3) is 6.54. The molecule has 1 atom stereocenters. The van der Waals surface area contributed by atoms with E-state index in [2.05, 4.69) is 5.32 Å². The molecule has 15 heavy (non-hydrogen) atoms. The quantitative estimate of drug-likeness (QED) is 0.457. The van der Waals surface area contributed by atoms with Crippen LogP contribution >= 0.6 is 23.2 Å². The van der Waals surface area contributed by atoms with E-state index in [-0.39, 0.29) is 0 Å². The molecule has 0 aliphatic carbocycles. The first-order chi connectivity index (χ1) is 6.99. The summed E-state index contributed by atoms with van der Waals surface area (Å²) in [5.74, 6) is -1.80. The standard InChI is InChI=1S/C8H14Cl2N2O3/c9-6(10)7(13)12-5(8(14)15)3-1-2-4-11/h5-6H,1-4,11H2,(H,12,13)(H,14,15)/t5-/m0/s1. The number of alkyl halides is 2. The molecule has 0 fully saturated rings. The average Bonchev–Trinajstić information content (AvgIpc) is 2.15. The van der Waals surface area contributed by atoms with Crippen LogP contribution in [0.1, 0.15) is 19.3 Å². The molecule has 0 rings (SSSR count). The fraction of sp³-hybridized carbons (Fsp3) is 0.750. The van der Waals surface area contributed by atoms with Crippen LogP contribution in [0.15, 0.2) is 0 Å². The number of carbonyl (C=O) groups excluding carboxylic acids is 1. The second-order valence-corrected chi connectivity index (χ2v) is 4.08. The monoisotopic (exact) mass is 256 g/mol. The first-order valence-electron chi connectivity index (χ1n) is 4.50. The number of amides is 1. The van der Waals surface area contributed by atoms with E-state index in [1.165, 1.54) is 0 Å². The molecule has 0 radical (unpaired) electrons. The number of carboxylic acid groups (broad SMARTS) is 1. The van der Waals surface area contributed by atoms with Gasteiger partial charge in [0.05, 0.1) is 0 Å².